The van der Waals surface area contributed by atoms with E-state index in [2.05, 4.69) is 10.6 Å². The summed E-state index contributed by atoms with van der Waals surface area (Å²) in [5.74, 6) is -2.74. The molecule has 0 spiro atoms. The topological polar surface area (TPSA) is 105 Å². The predicted molar refractivity (Wildman–Crippen MR) is 105 cm³/mol. The Morgan fingerprint density at radius 3 is 2.53 bits per heavy atom. The average Bonchev–Trinajstić information content (AvgIpc) is 2.91. The van der Waals surface area contributed by atoms with Gasteiger partial charge in [0.05, 0.1) is 0 Å². The summed E-state index contributed by atoms with van der Waals surface area (Å²) in [5.41, 5.74) is 0.478. The molecule has 2 aromatic rings. The van der Waals surface area contributed by atoms with Crippen LogP contribution >= 0.6 is 0 Å². The van der Waals surface area contributed by atoms with Gasteiger partial charge in [0, 0.05) is 5.69 Å². The minimum Gasteiger partial charge on any atom is -0.454 e. The van der Waals surface area contributed by atoms with Crippen LogP contribution in [0.4, 0.5) is 14.9 Å². The first kappa shape index (κ1) is 21.0. The summed E-state index contributed by atoms with van der Waals surface area (Å²) in [6.45, 7) is 2.16. The summed E-state index contributed by atoms with van der Waals surface area (Å²) in [6, 6.07) is 11.6. The fourth-order valence-corrected chi connectivity index (χ4v) is 3.01. The number of nitrogens with zero attached hydrogens (tertiary/aromatic N) is 1. The summed E-state index contributed by atoms with van der Waals surface area (Å²) >= 11 is 0. The van der Waals surface area contributed by atoms with Gasteiger partial charge in [0.2, 0.25) is 0 Å². The Hall–Kier alpha value is -3.75. The number of hydrogen-bond donors (Lipinski definition) is 2. The molecule has 1 saturated heterocycles. The highest BCUT2D eigenvalue weighted by Crippen LogP contribution is 2.28. The van der Waals surface area contributed by atoms with Crippen molar-refractivity contribution in [1.82, 2.24) is 10.2 Å². The van der Waals surface area contributed by atoms with E-state index >= 15 is 0 Å². The number of halogens is 1. The van der Waals surface area contributed by atoms with Crippen molar-refractivity contribution in [2.75, 3.05) is 18.5 Å². The van der Waals surface area contributed by atoms with Crippen LogP contribution in [0.1, 0.15) is 18.1 Å². The SMILES string of the molecule is Cc1ccc([C@@]2(C)NC(=O)N(CC(=O)OCC(=O)Nc3cccc(F)c3)C2=O)cc1. The van der Waals surface area contributed by atoms with Crippen molar-refractivity contribution in [3.63, 3.8) is 0 Å². The fraction of sp³-hybridized carbons (Fsp3) is 0.238. The Kier molecular flexibility index (Phi) is 5.81. The van der Waals surface area contributed by atoms with E-state index in [4.69, 9.17) is 4.74 Å². The summed E-state index contributed by atoms with van der Waals surface area (Å²) < 4.78 is 18.0. The van der Waals surface area contributed by atoms with Crippen LogP contribution in [0.15, 0.2) is 48.5 Å². The third-order valence-electron chi connectivity index (χ3n) is 4.66. The molecule has 1 atom stereocenters. The summed E-state index contributed by atoms with van der Waals surface area (Å²) in [4.78, 5) is 49.7. The average molecular weight is 413 g/mol. The molecule has 9 heteroatoms. The third kappa shape index (κ3) is 4.45. The zero-order valence-corrected chi connectivity index (χ0v) is 16.4. The smallest absolute Gasteiger partial charge is 0.326 e. The number of imide groups is 1. The lowest BCUT2D eigenvalue weighted by atomic mass is 9.91. The molecule has 1 heterocycles. The Bertz CT molecular complexity index is 1010. The molecule has 8 nitrogen and oxygen atoms in total. The Morgan fingerprint density at radius 1 is 1.17 bits per heavy atom. The molecule has 0 aromatic heterocycles. The van der Waals surface area contributed by atoms with Crippen LogP contribution in [0, 0.1) is 12.7 Å². The van der Waals surface area contributed by atoms with Crippen LogP contribution in [0.2, 0.25) is 0 Å². The molecule has 2 N–H and O–H groups in total. The monoisotopic (exact) mass is 413 g/mol. The molecule has 1 fully saturated rings. The minimum atomic E-state index is -1.31. The summed E-state index contributed by atoms with van der Waals surface area (Å²) in [5, 5.41) is 4.96. The van der Waals surface area contributed by atoms with E-state index in [0.717, 1.165) is 16.5 Å². The Balaban J connectivity index is 1.57. The normalized spacial score (nSPS) is 18.2. The van der Waals surface area contributed by atoms with Crippen LogP contribution in [0.5, 0.6) is 0 Å². The standard InChI is InChI=1S/C21H20FN3O5/c1-13-6-8-14(9-7-13)21(2)19(28)25(20(29)24-21)11-18(27)30-12-17(26)23-16-5-3-4-15(22)10-16/h3-10H,11-12H2,1-2H3,(H,23,26)(H,24,29)/t21-/m1/s1. The molecule has 1 aliphatic rings. The molecule has 1 aliphatic heterocycles. The Labute approximate surface area is 172 Å². The first-order valence-corrected chi connectivity index (χ1v) is 9.11. The lowest BCUT2D eigenvalue weighted by Gasteiger charge is -2.22. The number of ether oxygens (including phenoxy) is 1. The lowest BCUT2D eigenvalue weighted by molar-refractivity contribution is -0.150. The second kappa shape index (κ2) is 8.32. The van der Waals surface area contributed by atoms with Crippen molar-refractivity contribution in [3.8, 4) is 0 Å². The van der Waals surface area contributed by atoms with Crippen molar-refractivity contribution in [1.29, 1.82) is 0 Å². The van der Waals surface area contributed by atoms with E-state index < -0.39 is 48.3 Å². The van der Waals surface area contributed by atoms with Gasteiger partial charge < -0.3 is 15.4 Å². The number of aryl methyl sites for hydroxylation is 1. The van der Waals surface area contributed by atoms with Crippen LogP contribution in [0.3, 0.4) is 0 Å². The quantitative estimate of drug-likeness (QED) is 0.557. The molecule has 3 rings (SSSR count). The molecule has 30 heavy (non-hydrogen) atoms. The number of carbonyl (C=O) groups excluding carboxylic acids is 4. The molecule has 4 amide bonds. The second-order valence-electron chi connectivity index (χ2n) is 7.03. The highest BCUT2D eigenvalue weighted by Gasteiger charge is 2.49. The number of amides is 4. The van der Waals surface area contributed by atoms with Crippen molar-refractivity contribution in [3.05, 3.63) is 65.5 Å². The van der Waals surface area contributed by atoms with E-state index in [1.54, 1.807) is 19.1 Å². The number of esters is 1. The minimum absolute atomic E-state index is 0.207. The van der Waals surface area contributed by atoms with Gasteiger partial charge in [0.1, 0.15) is 17.9 Å². The first-order chi connectivity index (χ1) is 14.2. The van der Waals surface area contributed by atoms with E-state index in [1.807, 2.05) is 19.1 Å². The lowest BCUT2D eigenvalue weighted by Crippen LogP contribution is -2.41. The summed E-state index contributed by atoms with van der Waals surface area (Å²) in [6.07, 6.45) is 0. The van der Waals surface area contributed by atoms with E-state index in [9.17, 15) is 23.6 Å². The number of carbonyl (C=O) groups is 4. The molecule has 2 aromatic carbocycles. The zero-order chi connectivity index (χ0) is 21.9. The highest BCUT2D eigenvalue weighted by atomic mass is 19.1. The van der Waals surface area contributed by atoms with Gasteiger partial charge in [-0.1, -0.05) is 35.9 Å². The molecule has 0 unspecified atom stereocenters. The molecule has 0 bridgehead atoms. The maximum absolute atomic E-state index is 13.1. The van der Waals surface area contributed by atoms with Gasteiger partial charge in [-0.2, -0.15) is 0 Å². The van der Waals surface area contributed by atoms with Crippen molar-refractivity contribution >= 4 is 29.5 Å². The van der Waals surface area contributed by atoms with Crippen LogP contribution in [0.25, 0.3) is 0 Å². The molecular weight excluding hydrogens is 393 g/mol. The van der Waals surface area contributed by atoms with Crippen LogP contribution in [-0.4, -0.2) is 41.9 Å². The van der Waals surface area contributed by atoms with Gasteiger partial charge >= 0.3 is 12.0 Å². The first-order valence-electron chi connectivity index (χ1n) is 9.11. The zero-order valence-electron chi connectivity index (χ0n) is 16.4. The number of urea groups is 1. The molecule has 156 valence electrons. The van der Waals surface area contributed by atoms with Gasteiger partial charge in [0.25, 0.3) is 11.8 Å². The third-order valence-corrected chi connectivity index (χ3v) is 4.66. The predicted octanol–water partition coefficient (Wildman–Crippen LogP) is 2.08. The van der Waals surface area contributed by atoms with Crippen molar-refractivity contribution < 1.29 is 28.3 Å². The number of anilines is 1. The van der Waals surface area contributed by atoms with Crippen LogP contribution < -0.4 is 10.6 Å². The number of hydrogen-bond acceptors (Lipinski definition) is 5. The maximum Gasteiger partial charge on any atom is 0.326 e. The van der Waals surface area contributed by atoms with E-state index in [0.29, 0.717) is 5.56 Å². The maximum atomic E-state index is 13.1. The Morgan fingerprint density at radius 2 is 1.87 bits per heavy atom. The summed E-state index contributed by atoms with van der Waals surface area (Å²) in [7, 11) is 0. The number of rotatable bonds is 6. The highest BCUT2D eigenvalue weighted by molar-refractivity contribution is 6.09. The van der Waals surface area contributed by atoms with Crippen molar-refractivity contribution in [2.45, 2.75) is 19.4 Å². The fourth-order valence-electron chi connectivity index (χ4n) is 3.01. The largest absolute Gasteiger partial charge is 0.454 e. The second-order valence-corrected chi connectivity index (χ2v) is 7.03. The molecule has 0 radical (unpaired) electrons. The van der Waals surface area contributed by atoms with Gasteiger partial charge in [-0.15, -0.1) is 0 Å². The molecule has 0 saturated carbocycles. The van der Waals surface area contributed by atoms with Crippen molar-refractivity contribution in [2.24, 2.45) is 0 Å². The van der Waals surface area contributed by atoms with Gasteiger partial charge in [0.15, 0.2) is 6.61 Å². The van der Waals surface area contributed by atoms with E-state index in [-0.39, 0.29) is 5.69 Å². The van der Waals surface area contributed by atoms with Gasteiger partial charge in [-0.05, 0) is 37.6 Å². The van der Waals surface area contributed by atoms with E-state index in [1.165, 1.54) is 18.2 Å². The molecular formula is C21H20FN3O5. The number of nitrogens with one attached hydrogen (secondary N) is 2. The van der Waals surface area contributed by atoms with Gasteiger partial charge in [-0.25, -0.2) is 9.18 Å². The molecule has 0 aliphatic carbocycles. The number of benzene rings is 2. The van der Waals surface area contributed by atoms with Gasteiger partial charge in [-0.3, -0.25) is 19.3 Å². The van der Waals surface area contributed by atoms with Crippen LogP contribution in [-0.2, 0) is 24.7 Å².